The number of anilines is 2. The summed E-state index contributed by atoms with van der Waals surface area (Å²) >= 11 is 0. The molecular formula is C26H35N7. The van der Waals surface area contributed by atoms with Crippen LogP contribution in [0.3, 0.4) is 0 Å². The fraction of sp³-hybridized carbons (Fsp3) is 0.423. The summed E-state index contributed by atoms with van der Waals surface area (Å²) in [5.41, 5.74) is 7.24. The van der Waals surface area contributed by atoms with Gasteiger partial charge in [0.15, 0.2) is 0 Å². The molecule has 0 spiro atoms. The molecule has 1 saturated heterocycles. The molecule has 4 aliphatic rings. The molecule has 1 aromatic rings. The molecule has 1 fully saturated rings. The molecule has 2 unspecified atom stereocenters. The van der Waals surface area contributed by atoms with Crippen molar-refractivity contribution < 1.29 is 0 Å². The molecule has 4 N–H and O–H groups in total. The average molecular weight is 446 g/mol. The standard InChI is InChI=1S/C26H35N7/c1-18-17-27-26(29-20-8-10-21(11-9-20)33-14-12-32(3)13-15-33)31-25(18)30-24-7-5-4-6-23-22(24)16-19(2)28-23/h4,6-11,17,19,25,28,30H,5,12-16H2,1-3H3,(H2,27,29,31). The van der Waals surface area contributed by atoms with Gasteiger partial charge in [0.1, 0.15) is 6.17 Å². The molecule has 0 saturated carbocycles. The summed E-state index contributed by atoms with van der Waals surface area (Å²) < 4.78 is 0. The maximum absolute atomic E-state index is 4.93. The number of likely N-dealkylation sites (N-methyl/N-ethyl adjacent to an activating group) is 1. The molecule has 3 aliphatic heterocycles. The second-order valence-electron chi connectivity index (χ2n) is 9.42. The van der Waals surface area contributed by atoms with Crippen molar-refractivity contribution >= 4 is 17.3 Å². The van der Waals surface area contributed by atoms with Crippen LogP contribution in [0.1, 0.15) is 26.7 Å². The fourth-order valence-electron chi connectivity index (χ4n) is 4.71. The van der Waals surface area contributed by atoms with Crippen molar-refractivity contribution in [1.82, 2.24) is 20.9 Å². The van der Waals surface area contributed by atoms with Crippen LogP contribution in [0, 0.1) is 0 Å². The predicted molar refractivity (Wildman–Crippen MR) is 137 cm³/mol. The van der Waals surface area contributed by atoms with Crippen LogP contribution in [0.15, 0.2) is 76.2 Å². The first-order valence-electron chi connectivity index (χ1n) is 12.0. The Balaban J connectivity index is 1.25. The van der Waals surface area contributed by atoms with Gasteiger partial charge in [0.2, 0.25) is 5.96 Å². The van der Waals surface area contributed by atoms with Gasteiger partial charge in [-0.3, -0.25) is 0 Å². The van der Waals surface area contributed by atoms with Crippen LogP contribution in [0.5, 0.6) is 0 Å². The summed E-state index contributed by atoms with van der Waals surface area (Å²) in [6.07, 6.45) is 10.6. The molecule has 2 atom stereocenters. The van der Waals surface area contributed by atoms with Gasteiger partial charge in [0.25, 0.3) is 0 Å². The molecule has 0 bridgehead atoms. The fourth-order valence-corrected chi connectivity index (χ4v) is 4.71. The second-order valence-corrected chi connectivity index (χ2v) is 9.42. The van der Waals surface area contributed by atoms with Crippen molar-refractivity contribution in [1.29, 1.82) is 0 Å². The van der Waals surface area contributed by atoms with Crippen LogP contribution in [0.25, 0.3) is 0 Å². The molecule has 33 heavy (non-hydrogen) atoms. The third kappa shape index (κ3) is 4.93. The van der Waals surface area contributed by atoms with Crippen LogP contribution in [-0.2, 0) is 0 Å². The molecule has 7 nitrogen and oxygen atoms in total. The second kappa shape index (κ2) is 9.35. The molecule has 174 valence electrons. The lowest BCUT2D eigenvalue weighted by atomic mass is 10.1. The van der Waals surface area contributed by atoms with Crippen molar-refractivity contribution in [2.75, 3.05) is 43.4 Å². The van der Waals surface area contributed by atoms with E-state index >= 15 is 0 Å². The monoisotopic (exact) mass is 445 g/mol. The van der Waals surface area contributed by atoms with E-state index in [4.69, 9.17) is 4.99 Å². The van der Waals surface area contributed by atoms with E-state index in [-0.39, 0.29) is 6.17 Å². The summed E-state index contributed by atoms with van der Waals surface area (Å²) in [5.74, 6) is 0.755. The van der Waals surface area contributed by atoms with Gasteiger partial charge in [-0.1, -0.05) is 12.2 Å². The van der Waals surface area contributed by atoms with Gasteiger partial charge in [-0.05, 0) is 69.7 Å². The number of nitrogens with one attached hydrogen (secondary N) is 4. The van der Waals surface area contributed by atoms with Crippen LogP contribution in [0.4, 0.5) is 11.4 Å². The summed E-state index contributed by atoms with van der Waals surface area (Å²) in [5, 5.41) is 14.0. The zero-order valence-electron chi connectivity index (χ0n) is 19.9. The SMILES string of the molecule is CC1=CNC(Nc2ccc(N3CCN(C)CC3)cc2)=NC1NC1=CCC=CC2=C1CC(C)N2. The maximum Gasteiger partial charge on any atom is 0.202 e. The van der Waals surface area contributed by atoms with Gasteiger partial charge in [-0.15, -0.1) is 0 Å². The first-order chi connectivity index (χ1) is 16.0. The summed E-state index contributed by atoms with van der Waals surface area (Å²) in [6, 6.07) is 9.11. The number of hydrogen-bond donors (Lipinski definition) is 4. The minimum Gasteiger partial charge on any atom is -0.382 e. The minimum atomic E-state index is -0.104. The Morgan fingerprint density at radius 3 is 2.67 bits per heavy atom. The largest absolute Gasteiger partial charge is 0.382 e. The average Bonchev–Trinajstić information content (AvgIpc) is 3.09. The highest BCUT2D eigenvalue weighted by molar-refractivity contribution is 5.95. The molecule has 5 rings (SSSR count). The van der Waals surface area contributed by atoms with Gasteiger partial charge in [0, 0.05) is 66.8 Å². The smallest absolute Gasteiger partial charge is 0.202 e. The Morgan fingerprint density at radius 2 is 1.88 bits per heavy atom. The number of aliphatic imine (C=N–C) groups is 1. The summed E-state index contributed by atoms with van der Waals surface area (Å²) in [4.78, 5) is 9.76. The predicted octanol–water partition coefficient (Wildman–Crippen LogP) is 3.11. The molecular weight excluding hydrogens is 410 g/mol. The van der Waals surface area contributed by atoms with Crippen molar-refractivity contribution in [3.8, 4) is 0 Å². The van der Waals surface area contributed by atoms with Crippen molar-refractivity contribution in [2.24, 2.45) is 4.99 Å². The highest BCUT2D eigenvalue weighted by Gasteiger charge is 2.25. The molecule has 7 heteroatoms. The minimum absolute atomic E-state index is 0.104. The van der Waals surface area contributed by atoms with Crippen LogP contribution < -0.4 is 26.2 Å². The third-order valence-electron chi connectivity index (χ3n) is 6.72. The van der Waals surface area contributed by atoms with Gasteiger partial charge >= 0.3 is 0 Å². The van der Waals surface area contributed by atoms with Crippen molar-refractivity contribution in [2.45, 2.75) is 38.9 Å². The van der Waals surface area contributed by atoms with E-state index in [1.54, 1.807) is 0 Å². The normalized spacial score (nSPS) is 25.3. The van der Waals surface area contributed by atoms with Gasteiger partial charge in [-0.2, -0.15) is 0 Å². The third-order valence-corrected chi connectivity index (χ3v) is 6.72. The van der Waals surface area contributed by atoms with Gasteiger partial charge in [0.05, 0.1) is 0 Å². The Kier molecular flexibility index (Phi) is 6.13. The van der Waals surface area contributed by atoms with Crippen LogP contribution in [0.2, 0.25) is 0 Å². The zero-order chi connectivity index (χ0) is 22.8. The van der Waals surface area contributed by atoms with Crippen molar-refractivity contribution in [3.63, 3.8) is 0 Å². The number of benzene rings is 1. The molecule has 3 heterocycles. The Morgan fingerprint density at radius 1 is 1.09 bits per heavy atom. The summed E-state index contributed by atoms with van der Waals surface area (Å²) in [6.45, 7) is 8.71. The number of rotatable bonds is 4. The maximum atomic E-state index is 4.93. The molecule has 1 aliphatic carbocycles. The quantitative estimate of drug-likeness (QED) is 0.571. The molecule has 0 aromatic heterocycles. The van der Waals surface area contributed by atoms with Crippen LogP contribution >= 0.6 is 0 Å². The topological polar surface area (TPSA) is 67.0 Å². The Hall–Kier alpha value is -3.19. The Labute approximate surface area is 197 Å². The van der Waals surface area contributed by atoms with E-state index in [9.17, 15) is 0 Å². The van der Waals surface area contributed by atoms with E-state index in [1.807, 2.05) is 6.20 Å². The van der Waals surface area contributed by atoms with E-state index in [1.165, 1.54) is 22.7 Å². The van der Waals surface area contributed by atoms with E-state index < -0.39 is 0 Å². The number of allylic oxidation sites excluding steroid dienone is 4. The number of hydrogen-bond acceptors (Lipinski definition) is 7. The first kappa shape index (κ1) is 21.6. The van der Waals surface area contributed by atoms with Crippen molar-refractivity contribution in [3.05, 3.63) is 71.2 Å². The van der Waals surface area contributed by atoms with Gasteiger partial charge in [-0.25, -0.2) is 4.99 Å². The lowest BCUT2D eigenvalue weighted by Crippen LogP contribution is -2.44. The number of piperazine rings is 1. The molecule has 0 radical (unpaired) electrons. The van der Waals surface area contributed by atoms with Gasteiger partial charge < -0.3 is 31.1 Å². The zero-order valence-corrected chi connectivity index (χ0v) is 19.9. The number of guanidine groups is 1. The number of nitrogens with zero attached hydrogens (tertiary/aromatic N) is 3. The first-order valence-corrected chi connectivity index (χ1v) is 12.0. The summed E-state index contributed by atoms with van der Waals surface area (Å²) in [7, 11) is 2.19. The lowest BCUT2D eigenvalue weighted by Gasteiger charge is -2.34. The molecule has 1 aromatic carbocycles. The van der Waals surface area contributed by atoms with E-state index in [2.05, 4.69) is 94.5 Å². The van der Waals surface area contributed by atoms with E-state index in [0.29, 0.717) is 6.04 Å². The van der Waals surface area contributed by atoms with E-state index in [0.717, 1.165) is 56.2 Å². The Bertz CT molecular complexity index is 1020. The highest BCUT2D eigenvalue weighted by Crippen LogP contribution is 2.28. The van der Waals surface area contributed by atoms with Crippen LogP contribution in [-0.4, -0.2) is 56.3 Å². The lowest BCUT2D eigenvalue weighted by molar-refractivity contribution is 0.313. The molecule has 0 amide bonds. The highest BCUT2D eigenvalue weighted by atomic mass is 15.3.